The van der Waals surface area contributed by atoms with Gasteiger partial charge in [0.05, 0.1) is 38.4 Å². The molecule has 154 valence electrons. The number of benzene rings is 3. The van der Waals surface area contributed by atoms with Crippen molar-refractivity contribution in [3.05, 3.63) is 68.1 Å². The van der Waals surface area contributed by atoms with Gasteiger partial charge >= 0.3 is 5.97 Å². The zero-order chi connectivity index (χ0) is 22.0. The van der Waals surface area contributed by atoms with Crippen molar-refractivity contribution in [3.8, 4) is 5.75 Å². The Bertz CT molecular complexity index is 1200. The van der Waals surface area contributed by atoms with Gasteiger partial charge in [-0.25, -0.2) is 4.79 Å². The van der Waals surface area contributed by atoms with Gasteiger partial charge in [0.15, 0.2) is 5.11 Å². The van der Waals surface area contributed by atoms with Crippen LogP contribution in [0, 0.1) is 0 Å². The number of carboxylic acid groups (broad SMARTS) is 1. The highest BCUT2D eigenvalue weighted by Crippen LogP contribution is 2.36. The lowest BCUT2D eigenvalue weighted by atomic mass is 10.1. The molecule has 0 aliphatic rings. The Morgan fingerprint density at radius 2 is 1.80 bits per heavy atom. The van der Waals surface area contributed by atoms with Crippen LogP contribution in [-0.2, 0) is 0 Å². The molecule has 0 unspecified atom stereocenters. The van der Waals surface area contributed by atoms with Gasteiger partial charge in [-0.15, -0.1) is 0 Å². The largest absolute Gasteiger partial charge is 0.495 e. The summed E-state index contributed by atoms with van der Waals surface area (Å²) in [6, 6.07) is 11.7. The average molecular weight is 528 g/mol. The van der Waals surface area contributed by atoms with Crippen molar-refractivity contribution in [2.24, 2.45) is 0 Å². The maximum Gasteiger partial charge on any atom is 0.337 e. The number of ether oxygens (including phenoxy) is 1. The van der Waals surface area contributed by atoms with E-state index in [9.17, 15) is 14.7 Å². The number of carbonyl (C=O) groups excluding carboxylic acids is 1. The molecule has 0 radical (unpaired) electrons. The van der Waals surface area contributed by atoms with E-state index in [1.165, 1.54) is 19.2 Å². The Morgan fingerprint density at radius 1 is 1.10 bits per heavy atom. The van der Waals surface area contributed by atoms with E-state index in [1.807, 2.05) is 24.3 Å². The van der Waals surface area contributed by atoms with Crippen LogP contribution in [0.3, 0.4) is 0 Å². The maximum atomic E-state index is 12.8. The van der Waals surface area contributed by atoms with Gasteiger partial charge in [0.25, 0.3) is 5.91 Å². The fraction of sp³-hybridized carbons (Fsp3) is 0.0500. The molecule has 0 saturated carbocycles. The van der Waals surface area contributed by atoms with Crippen LogP contribution in [0.5, 0.6) is 5.75 Å². The van der Waals surface area contributed by atoms with E-state index in [0.717, 1.165) is 10.8 Å². The Kier molecular flexibility index (Phi) is 6.82. The number of halogens is 3. The molecule has 0 atom stereocenters. The van der Waals surface area contributed by atoms with Gasteiger partial charge in [0.1, 0.15) is 5.75 Å². The second-order valence-electron chi connectivity index (χ2n) is 6.02. The van der Waals surface area contributed by atoms with Crippen LogP contribution in [0.1, 0.15) is 20.7 Å². The second-order valence-corrected chi connectivity index (χ2v) is 8.03. The zero-order valence-corrected chi connectivity index (χ0v) is 19.2. The minimum Gasteiger partial charge on any atom is -0.495 e. The van der Waals surface area contributed by atoms with Crippen LogP contribution < -0.4 is 15.4 Å². The monoisotopic (exact) mass is 526 g/mol. The number of methoxy groups -OCH3 is 1. The number of carboxylic acids is 1. The van der Waals surface area contributed by atoms with Gasteiger partial charge in [-0.05, 0) is 57.1 Å². The van der Waals surface area contributed by atoms with Crippen molar-refractivity contribution < 1.29 is 19.4 Å². The first-order valence-electron chi connectivity index (χ1n) is 8.32. The smallest absolute Gasteiger partial charge is 0.337 e. The van der Waals surface area contributed by atoms with E-state index in [0.29, 0.717) is 10.2 Å². The predicted octanol–water partition coefficient (Wildman–Crippen LogP) is 5.74. The summed E-state index contributed by atoms with van der Waals surface area (Å²) < 4.78 is 6.05. The summed E-state index contributed by atoms with van der Waals surface area (Å²) in [5.74, 6) is -1.38. The Labute approximate surface area is 195 Å². The summed E-state index contributed by atoms with van der Waals surface area (Å²) in [6.07, 6.45) is 0. The van der Waals surface area contributed by atoms with E-state index in [4.69, 9.17) is 40.2 Å². The van der Waals surface area contributed by atoms with Crippen LogP contribution in [0.15, 0.2) is 46.9 Å². The molecule has 3 aromatic rings. The third-order valence-corrected chi connectivity index (χ3v) is 5.77. The highest BCUT2D eigenvalue weighted by Gasteiger charge is 2.20. The molecule has 0 aromatic heterocycles. The lowest BCUT2D eigenvalue weighted by Gasteiger charge is -2.15. The molecule has 6 nitrogen and oxygen atoms in total. The first-order valence-corrected chi connectivity index (χ1v) is 10.3. The molecule has 3 N–H and O–H groups in total. The molecule has 0 spiro atoms. The fourth-order valence-corrected chi connectivity index (χ4v) is 4.24. The molecule has 0 saturated heterocycles. The van der Waals surface area contributed by atoms with Crippen molar-refractivity contribution in [3.63, 3.8) is 0 Å². The SMILES string of the molecule is COc1c(C(=O)NC(=S)Nc2cc(C(=O)O)c(Cl)cc2Cl)cc2ccccc2c1Br. The van der Waals surface area contributed by atoms with Crippen LogP contribution in [-0.4, -0.2) is 29.2 Å². The average Bonchev–Trinajstić information content (AvgIpc) is 2.69. The van der Waals surface area contributed by atoms with Gasteiger partial charge in [-0.2, -0.15) is 0 Å². The number of amides is 1. The number of thiocarbonyl (C=S) groups is 1. The molecule has 0 fully saturated rings. The second kappa shape index (κ2) is 9.18. The van der Waals surface area contributed by atoms with Gasteiger partial charge in [0, 0.05) is 0 Å². The lowest BCUT2D eigenvalue weighted by Crippen LogP contribution is -2.34. The Hall–Kier alpha value is -2.39. The standard InChI is InChI=1S/C20H13BrCl2N2O4S/c1-29-17-12(6-9-4-2-3-5-10(9)16(17)21)18(26)25-20(30)24-15-7-11(19(27)28)13(22)8-14(15)23/h2-8H,1H3,(H,27,28)(H2,24,25,26,30). The molecular formula is C20H13BrCl2N2O4S. The zero-order valence-electron chi connectivity index (χ0n) is 15.3. The molecular weight excluding hydrogens is 515 g/mol. The molecule has 3 rings (SSSR count). The van der Waals surface area contributed by atoms with Gasteiger partial charge in [-0.3, -0.25) is 10.1 Å². The van der Waals surface area contributed by atoms with E-state index >= 15 is 0 Å². The molecule has 3 aromatic carbocycles. The molecule has 30 heavy (non-hydrogen) atoms. The Morgan fingerprint density at radius 3 is 2.47 bits per heavy atom. The summed E-state index contributed by atoms with van der Waals surface area (Å²) >= 11 is 20.6. The number of rotatable bonds is 4. The highest BCUT2D eigenvalue weighted by molar-refractivity contribution is 9.10. The van der Waals surface area contributed by atoms with Crippen molar-refractivity contribution >= 4 is 84.8 Å². The predicted molar refractivity (Wildman–Crippen MR) is 125 cm³/mol. The molecule has 0 aliphatic carbocycles. The molecule has 0 bridgehead atoms. The summed E-state index contributed by atoms with van der Waals surface area (Å²) in [4.78, 5) is 24.1. The third kappa shape index (κ3) is 4.52. The summed E-state index contributed by atoms with van der Waals surface area (Å²) in [6.45, 7) is 0. The maximum absolute atomic E-state index is 12.8. The minimum atomic E-state index is -1.22. The number of hydrogen-bond acceptors (Lipinski definition) is 4. The van der Waals surface area contributed by atoms with Gasteiger partial charge in [-0.1, -0.05) is 47.5 Å². The van der Waals surface area contributed by atoms with Crippen LogP contribution in [0.2, 0.25) is 10.0 Å². The quantitative estimate of drug-likeness (QED) is 0.375. The van der Waals surface area contributed by atoms with Gasteiger partial charge in [0.2, 0.25) is 0 Å². The first-order chi connectivity index (χ1) is 14.2. The number of hydrogen-bond donors (Lipinski definition) is 3. The number of anilines is 1. The number of fused-ring (bicyclic) bond motifs is 1. The summed E-state index contributed by atoms with van der Waals surface area (Å²) in [7, 11) is 1.46. The van der Waals surface area contributed by atoms with E-state index in [2.05, 4.69) is 26.6 Å². The van der Waals surface area contributed by atoms with Crippen molar-refractivity contribution in [1.82, 2.24) is 5.32 Å². The van der Waals surface area contributed by atoms with Crippen molar-refractivity contribution in [2.75, 3.05) is 12.4 Å². The lowest BCUT2D eigenvalue weighted by molar-refractivity contribution is 0.0697. The molecule has 1 amide bonds. The Balaban J connectivity index is 1.87. The first kappa shape index (κ1) is 22.3. The summed E-state index contributed by atoms with van der Waals surface area (Å²) in [5.41, 5.74) is 0.300. The van der Waals surface area contributed by atoms with E-state index in [-0.39, 0.29) is 32.0 Å². The number of aromatic carboxylic acids is 1. The van der Waals surface area contributed by atoms with Crippen LogP contribution >= 0.6 is 51.3 Å². The third-order valence-electron chi connectivity index (χ3n) is 4.15. The van der Waals surface area contributed by atoms with Gasteiger partial charge < -0.3 is 15.2 Å². The van der Waals surface area contributed by atoms with E-state index < -0.39 is 11.9 Å². The normalized spacial score (nSPS) is 10.5. The molecule has 10 heteroatoms. The number of nitrogens with one attached hydrogen (secondary N) is 2. The fourth-order valence-electron chi connectivity index (χ4n) is 2.79. The topological polar surface area (TPSA) is 87.7 Å². The summed E-state index contributed by atoms with van der Waals surface area (Å²) in [5, 5.41) is 16.2. The minimum absolute atomic E-state index is 0.0150. The number of carbonyl (C=O) groups is 2. The highest BCUT2D eigenvalue weighted by atomic mass is 79.9. The molecule has 0 aliphatic heterocycles. The van der Waals surface area contributed by atoms with Crippen LogP contribution in [0.4, 0.5) is 5.69 Å². The van der Waals surface area contributed by atoms with Crippen molar-refractivity contribution in [2.45, 2.75) is 0 Å². The van der Waals surface area contributed by atoms with Crippen LogP contribution in [0.25, 0.3) is 10.8 Å². The van der Waals surface area contributed by atoms with E-state index in [1.54, 1.807) is 6.07 Å². The molecule has 0 heterocycles. The van der Waals surface area contributed by atoms with Crippen molar-refractivity contribution in [1.29, 1.82) is 0 Å².